The van der Waals surface area contributed by atoms with E-state index < -0.39 is 0 Å². The fourth-order valence-corrected chi connectivity index (χ4v) is 2.42. The molecule has 1 aromatic rings. The van der Waals surface area contributed by atoms with E-state index in [0.717, 1.165) is 11.6 Å². The summed E-state index contributed by atoms with van der Waals surface area (Å²) in [5, 5.41) is 3.50. The van der Waals surface area contributed by atoms with E-state index in [9.17, 15) is 4.79 Å². The van der Waals surface area contributed by atoms with Crippen LogP contribution in [-0.4, -0.2) is 25.7 Å². The lowest BCUT2D eigenvalue weighted by Crippen LogP contribution is -2.23. The van der Waals surface area contributed by atoms with E-state index in [4.69, 9.17) is 4.74 Å². The van der Waals surface area contributed by atoms with E-state index >= 15 is 0 Å². The predicted octanol–water partition coefficient (Wildman–Crippen LogP) is 3.23. The van der Waals surface area contributed by atoms with Crippen LogP contribution in [0.1, 0.15) is 32.6 Å². The first-order valence-corrected chi connectivity index (χ1v) is 7.23. The van der Waals surface area contributed by atoms with Gasteiger partial charge in [-0.2, -0.15) is 0 Å². The number of nitrogens with one attached hydrogen (secondary N) is 1. The highest BCUT2D eigenvalue weighted by atomic mass is 16.6. The summed E-state index contributed by atoms with van der Waals surface area (Å²) in [7, 11) is 1.35. The van der Waals surface area contributed by atoms with Gasteiger partial charge in [-0.15, -0.1) is 0 Å². The molecule has 0 heterocycles. The Morgan fingerprint density at radius 1 is 1.35 bits per heavy atom. The molecule has 1 aromatic carbocycles. The molecule has 0 saturated heterocycles. The van der Waals surface area contributed by atoms with E-state index in [-0.39, 0.29) is 12.6 Å². The van der Waals surface area contributed by atoms with Crippen molar-refractivity contribution < 1.29 is 14.3 Å². The first kappa shape index (κ1) is 14.7. The standard InChI is InChI=1S/C16H23NO3/c1-12(10-13-4-3-5-13)17-14-6-8-15(9-7-14)20-11-16(18)19-2/h6-9,12-13,17H,3-5,10-11H2,1-2H3. The average molecular weight is 277 g/mol. The fraction of sp³-hybridized carbons (Fsp3) is 0.562. The fourth-order valence-electron chi connectivity index (χ4n) is 2.42. The molecular weight excluding hydrogens is 254 g/mol. The zero-order valence-corrected chi connectivity index (χ0v) is 12.2. The summed E-state index contributed by atoms with van der Waals surface area (Å²) in [6, 6.07) is 8.17. The van der Waals surface area contributed by atoms with Crippen molar-refractivity contribution in [3.05, 3.63) is 24.3 Å². The molecule has 0 aliphatic heterocycles. The highest BCUT2D eigenvalue weighted by Gasteiger charge is 2.19. The molecular formula is C16H23NO3. The molecule has 1 unspecified atom stereocenters. The molecule has 0 spiro atoms. The lowest BCUT2D eigenvalue weighted by Gasteiger charge is -2.28. The maximum absolute atomic E-state index is 11.0. The Kier molecular flexibility index (Phi) is 5.27. The van der Waals surface area contributed by atoms with Crippen molar-refractivity contribution in [2.45, 2.75) is 38.6 Å². The Labute approximate surface area is 120 Å². The molecule has 1 fully saturated rings. The largest absolute Gasteiger partial charge is 0.482 e. The lowest BCUT2D eigenvalue weighted by atomic mass is 9.81. The van der Waals surface area contributed by atoms with E-state index in [0.29, 0.717) is 11.8 Å². The van der Waals surface area contributed by atoms with Gasteiger partial charge in [-0.05, 0) is 43.5 Å². The molecule has 20 heavy (non-hydrogen) atoms. The summed E-state index contributed by atoms with van der Waals surface area (Å²) in [5.74, 6) is 1.20. The van der Waals surface area contributed by atoms with Gasteiger partial charge in [0.2, 0.25) is 0 Å². The zero-order chi connectivity index (χ0) is 14.4. The Morgan fingerprint density at radius 3 is 2.60 bits per heavy atom. The second kappa shape index (κ2) is 7.17. The molecule has 4 heteroatoms. The molecule has 0 aromatic heterocycles. The predicted molar refractivity (Wildman–Crippen MR) is 79.0 cm³/mol. The smallest absolute Gasteiger partial charge is 0.343 e. The molecule has 1 saturated carbocycles. The molecule has 0 bridgehead atoms. The first-order chi connectivity index (χ1) is 9.67. The van der Waals surface area contributed by atoms with Crippen LogP contribution < -0.4 is 10.1 Å². The van der Waals surface area contributed by atoms with E-state index in [2.05, 4.69) is 17.0 Å². The summed E-state index contributed by atoms with van der Waals surface area (Å²) in [6.07, 6.45) is 5.39. The molecule has 4 nitrogen and oxygen atoms in total. The topological polar surface area (TPSA) is 47.6 Å². The van der Waals surface area contributed by atoms with Crippen LogP contribution in [0, 0.1) is 5.92 Å². The number of ether oxygens (including phenoxy) is 2. The van der Waals surface area contributed by atoms with E-state index in [1.807, 2.05) is 24.3 Å². The summed E-state index contributed by atoms with van der Waals surface area (Å²) in [6.45, 7) is 2.17. The minimum Gasteiger partial charge on any atom is -0.482 e. The highest BCUT2D eigenvalue weighted by Crippen LogP contribution is 2.31. The summed E-state index contributed by atoms with van der Waals surface area (Å²) in [5.41, 5.74) is 1.09. The number of carbonyl (C=O) groups is 1. The zero-order valence-electron chi connectivity index (χ0n) is 12.2. The van der Waals surface area contributed by atoms with E-state index in [1.54, 1.807) is 0 Å². The number of rotatable bonds is 7. The second-order valence-electron chi connectivity index (χ2n) is 5.47. The number of carbonyl (C=O) groups excluding carboxylic acids is 1. The average Bonchev–Trinajstić information content (AvgIpc) is 2.42. The number of anilines is 1. The van der Waals surface area contributed by atoms with Gasteiger partial charge in [0.1, 0.15) is 5.75 Å². The number of benzene rings is 1. The third-order valence-electron chi connectivity index (χ3n) is 3.76. The van der Waals surface area contributed by atoms with Gasteiger partial charge in [0.05, 0.1) is 7.11 Å². The minimum absolute atomic E-state index is 0.0542. The molecule has 1 aliphatic carbocycles. The maximum Gasteiger partial charge on any atom is 0.343 e. The molecule has 0 radical (unpaired) electrons. The van der Waals surface area contributed by atoms with Crippen molar-refractivity contribution >= 4 is 11.7 Å². The normalized spacial score (nSPS) is 16.1. The third-order valence-corrected chi connectivity index (χ3v) is 3.76. The number of hydrogen-bond acceptors (Lipinski definition) is 4. The second-order valence-corrected chi connectivity index (χ2v) is 5.47. The van der Waals surface area contributed by atoms with Crippen LogP contribution in [-0.2, 0) is 9.53 Å². The Morgan fingerprint density at radius 2 is 2.05 bits per heavy atom. The van der Waals surface area contributed by atoms with Crippen molar-refractivity contribution in [1.29, 1.82) is 0 Å². The van der Waals surface area contributed by atoms with Crippen molar-refractivity contribution in [3.8, 4) is 5.75 Å². The van der Waals surface area contributed by atoms with E-state index in [1.165, 1.54) is 32.8 Å². The van der Waals surface area contributed by atoms with Crippen molar-refractivity contribution in [1.82, 2.24) is 0 Å². The maximum atomic E-state index is 11.0. The molecule has 110 valence electrons. The molecule has 1 atom stereocenters. The number of methoxy groups -OCH3 is 1. The van der Waals surface area contributed by atoms with Crippen LogP contribution in [0.2, 0.25) is 0 Å². The number of esters is 1. The monoisotopic (exact) mass is 277 g/mol. The van der Waals surface area contributed by atoms with Gasteiger partial charge in [-0.1, -0.05) is 19.3 Å². The Hall–Kier alpha value is -1.71. The van der Waals surface area contributed by atoms with Gasteiger partial charge in [-0.25, -0.2) is 4.79 Å². The Bertz CT molecular complexity index is 426. The Balaban J connectivity index is 1.76. The van der Waals surface area contributed by atoms with Crippen LogP contribution in [0.4, 0.5) is 5.69 Å². The van der Waals surface area contributed by atoms with Crippen LogP contribution in [0.5, 0.6) is 5.75 Å². The molecule has 0 amide bonds. The molecule has 2 rings (SSSR count). The first-order valence-electron chi connectivity index (χ1n) is 7.23. The van der Waals surface area contributed by atoms with Crippen LogP contribution in [0.15, 0.2) is 24.3 Å². The molecule has 1 N–H and O–H groups in total. The van der Waals surface area contributed by atoms with Gasteiger partial charge in [0, 0.05) is 11.7 Å². The molecule has 1 aliphatic rings. The summed E-state index contributed by atoms with van der Waals surface area (Å²) < 4.78 is 9.83. The summed E-state index contributed by atoms with van der Waals surface area (Å²) >= 11 is 0. The van der Waals surface area contributed by atoms with Crippen LogP contribution in [0.3, 0.4) is 0 Å². The highest BCUT2D eigenvalue weighted by molar-refractivity contribution is 5.70. The quantitative estimate of drug-likeness (QED) is 0.777. The van der Waals surface area contributed by atoms with Crippen LogP contribution in [0.25, 0.3) is 0 Å². The summed E-state index contributed by atoms with van der Waals surface area (Å²) in [4.78, 5) is 11.0. The van der Waals surface area contributed by atoms with Crippen molar-refractivity contribution in [2.75, 3.05) is 19.0 Å². The van der Waals surface area contributed by atoms with Crippen molar-refractivity contribution in [2.24, 2.45) is 5.92 Å². The SMILES string of the molecule is COC(=O)COc1ccc(NC(C)CC2CCC2)cc1. The van der Waals surface area contributed by atoms with Gasteiger partial charge >= 0.3 is 5.97 Å². The van der Waals surface area contributed by atoms with Gasteiger partial charge in [0.25, 0.3) is 0 Å². The minimum atomic E-state index is -0.374. The lowest BCUT2D eigenvalue weighted by molar-refractivity contribution is -0.142. The van der Waals surface area contributed by atoms with Gasteiger partial charge < -0.3 is 14.8 Å². The van der Waals surface area contributed by atoms with Crippen LogP contribution >= 0.6 is 0 Å². The van der Waals surface area contributed by atoms with Gasteiger partial charge in [-0.3, -0.25) is 0 Å². The van der Waals surface area contributed by atoms with Crippen molar-refractivity contribution in [3.63, 3.8) is 0 Å². The number of hydrogen-bond donors (Lipinski definition) is 1. The van der Waals surface area contributed by atoms with Gasteiger partial charge in [0.15, 0.2) is 6.61 Å². The third kappa shape index (κ3) is 4.44.